The summed E-state index contributed by atoms with van der Waals surface area (Å²) in [5.41, 5.74) is 3.82. The number of nitrogens with one attached hydrogen (secondary N) is 1. The second kappa shape index (κ2) is 7.84. The van der Waals surface area contributed by atoms with Gasteiger partial charge in [-0.2, -0.15) is 5.26 Å². The van der Waals surface area contributed by atoms with Gasteiger partial charge in [0.05, 0.1) is 6.07 Å². The summed E-state index contributed by atoms with van der Waals surface area (Å²) >= 11 is 0. The van der Waals surface area contributed by atoms with Gasteiger partial charge in [-0.25, -0.2) is 4.39 Å². The average molecular weight is 344 g/mol. The highest BCUT2D eigenvalue weighted by Crippen LogP contribution is 2.37. The number of anilines is 2. The Hall–Kier alpha value is -3.12. The lowest BCUT2D eigenvalue weighted by atomic mass is 9.73. The van der Waals surface area contributed by atoms with Gasteiger partial charge in [-0.05, 0) is 53.9 Å². The van der Waals surface area contributed by atoms with Crippen molar-refractivity contribution in [3.05, 3.63) is 95.8 Å². The highest BCUT2D eigenvalue weighted by molar-refractivity contribution is 5.60. The number of nitriles is 1. The molecule has 0 fully saturated rings. The lowest BCUT2D eigenvalue weighted by molar-refractivity contribution is 0.526. The van der Waals surface area contributed by atoms with Gasteiger partial charge < -0.3 is 5.32 Å². The van der Waals surface area contributed by atoms with E-state index in [1.54, 1.807) is 0 Å². The normalized spacial score (nSPS) is 12.8. The van der Waals surface area contributed by atoms with E-state index in [1.165, 1.54) is 12.1 Å². The Morgan fingerprint density at radius 3 is 1.96 bits per heavy atom. The first-order valence-electron chi connectivity index (χ1n) is 8.67. The molecule has 0 bridgehead atoms. The molecule has 3 aromatic rings. The van der Waals surface area contributed by atoms with Crippen LogP contribution in [-0.2, 0) is 5.41 Å². The second-order valence-electron chi connectivity index (χ2n) is 6.57. The minimum absolute atomic E-state index is 0.251. The van der Waals surface area contributed by atoms with Crippen LogP contribution < -0.4 is 5.32 Å². The smallest absolute Gasteiger partial charge is 0.123 e. The summed E-state index contributed by atoms with van der Waals surface area (Å²) in [6.45, 7) is 2.11. The van der Waals surface area contributed by atoms with Crippen LogP contribution in [0.2, 0.25) is 0 Å². The van der Waals surface area contributed by atoms with Gasteiger partial charge in [0.2, 0.25) is 0 Å². The fourth-order valence-electron chi connectivity index (χ4n) is 3.19. The molecule has 1 unspecified atom stereocenters. The van der Waals surface area contributed by atoms with Crippen molar-refractivity contribution < 1.29 is 4.39 Å². The molecule has 1 atom stereocenters. The van der Waals surface area contributed by atoms with Gasteiger partial charge in [0.25, 0.3) is 0 Å². The average Bonchev–Trinajstić information content (AvgIpc) is 2.68. The third kappa shape index (κ3) is 3.92. The molecule has 0 aromatic heterocycles. The Kier molecular flexibility index (Phi) is 5.34. The molecule has 3 rings (SSSR count). The predicted octanol–water partition coefficient (Wildman–Crippen LogP) is 6.18. The zero-order chi connectivity index (χ0) is 18.4. The molecule has 0 aliphatic heterocycles. The molecule has 0 spiro atoms. The van der Waals surface area contributed by atoms with E-state index in [0.29, 0.717) is 12.8 Å². The highest BCUT2D eigenvalue weighted by Gasteiger charge is 2.28. The molecule has 0 saturated carbocycles. The molecule has 0 radical (unpaired) electrons. The molecule has 3 heteroatoms. The van der Waals surface area contributed by atoms with Gasteiger partial charge in [0.15, 0.2) is 0 Å². The van der Waals surface area contributed by atoms with Crippen LogP contribution in [0.3, 0.4) is 0 Å². The van der Waals surface area contributed by atoms with Crippen molar-refractivity contribution in [1.29, 1.82) is 5.26 Å². The topological polar surface area (TPSA) is 35.8 Å². The summed E-state index contributed by atoms with van der Waals surface area (Å²) in [6, 6.07) is 27.0. The molecule has 130 valence electrons. The molecule has 3 aromatic carbocycles. The van der Waals surface area contributed by atoms with Crippen LogP contribution in [0, 0.1) is 17.1 Å². The van der Waals surface area contributed by atoms with E-state index in [1.807, 2.05) is 54.6 Å². The molecule has 0 aliphatic rings. The van der Waals surface area contributed by atoms with Crippen molar-refractivity contribution in [2.75, 3.05) is 5.32 Å². The zero-order valence-corrected chi connectivity index (χ0v) is 14.7. The third-order valence-electron chi connectivity index (χ3n) is 4.80. The van der Waals surface area contributed by atoms with Crippen LogP contribution >= 0.6 is 0 Å². The fraction of sp³-hybridized carbons (Fsp3) is 0.174. The molecule has 0 amide bonds. The lowest BCUT2D eigenvalue weighted by Crippen LogP contribution is -2.23. The molecule has 1 N–H and O–H groups in total. The van der Waals surface area contributed by atoms with Gasteiger partial charge in [0.1, 0.15) is 5.82 Å². The summed E-state index contributed by atoms with van der Waals surface area (Å²) in [4.78, 5) is 0. The number of para-hydroxylation sites is 1. The van der Waals surface area contributed by atoms with Crippen LogP contribution in [0.4, 0.5) is 15.8 Å². The molecule has 0 saturated heterocycles. The predicted molar refractivity (Wildman–Crippen MR) is 104 cm³/mol. The van der Waals surface area contributed by atoms with Crippen LogP contribution in [0.5, 0.6) is 0 Å². The van der Waals surface area contributed by atoms with Gasteiger partial charge in [-0.3, -0.25) is 0 Å². The maximum atomic E-state index is 13.3. The minimum atomic E-state index is -0.339. The molecule has 0 heterocycles. The molecule has 0 aliphatic carbocycles. The van der Waals surface area contributed by atoms with Crippen molar-refractivity contribution >= 4 is 11.4 Å². The van der Waals surface area contributed by atoms with Gasteiger partial charge in [-0.1, -0.05) is 49.4 Å². The van der Waals surface area contributed by atoms with Crippen LogP contribution in [0.25, 0.3) is 0 Å². The number of hydrogen-bond donors (Lipinski definition) is 1. The van der Waals surface area contributed by atoms with Crippen molar-refractivity contribution in [2.24, 2.45) is 0 Å². The van der Waals surface area contributed by atoms with Crippen LogP contribution in [0.1, 0.15) is 30.9 Å². The first kappa shape index (κ1) is 17.7. The van der Waals surface area contributed by atoms with E-state index in [2.05, 4.69) is 30.4 Å². The monoisotopic (exact) mass is 344 g/mol. The number of hydrogen-bond acceptors (Lipinski definition) is 2. The second-order valence-corrected chi connectivity index (χ2v) is 6.57. The van der Waals surface area contributed by atoms with Crippen molar-refractivity contribution in [2.45, 2.75) is 25.2 Å². The van der Waals surface area contributed by atoms with E-state index in [0.717, 1.165) is 22.5 Å². The van der Waals surface area contributed by atoms with Gasteiger partial charge >= 0.3 is 0 Å². The summed E-state index contributed by atoms with van der Waals surface area (Å²) in [5.74, 6) is -0.251. The summed E-state index contributed by atoms with van der Waals surface area (Å²) < 4.78 is 13.3. The van der Waals surface area contributed by atoms with E-state index in [-0.39, 0.29) is 11.2 Å². The Labute approximate surface area is 153 Å². The lowest BCUT2D eigenvalue weighted by Gasteiger charge is -2.30. The highest BCUT2D eigenvalue weighted by atomic mass is 19.1. The molecular weight excluding hydrogens is 323 g/mol. The third-order valence-corrected chi connectivity index (χ3v) is 4.80. The molecule has 2 nitrogen and oxygen atoms in total. The molecular formula is C23H21FN2. The maximum Gasteiger partial charge on any atom is 0.123 e. The molecule has 26 heavy (non-hydrogen) atoms. The number of rotatable bonds is 6. The van der Waals surface area contributed by atoms with Gasteiger partial charge in [-0.15, -0.1) is 0 Å². The van der Waals surface area contributed by atoms with Crippen LogP contribution in [-0.4, -0.2) is 0 Å². The maximum absolute atomic E-state index is 13.3. The van der Waals surface area contributed by atoms with E-state index < -0.39 is 0 Å². The largest absolute Gasteiger partial charge is 0.356 e. The Morgan fingerprint density at radius 2 is 1.38 bits per heavy atom. The zero-order valence-electron chi connectivity index (χ0n) is 14.7. The first-order valence-corrected chi connectivity index (χ1v) is 8.67. The minimum Gasteiger partial charge on any atom is -0.356 e. The van der Waals surface area contributed by atoms with E-state index >= 15 is 0 Å². The van der Waals surface area contributed by atoms with E-state index in [4.69, 9.17) is 5.26 Å². The Morgan fingerprint density at radius 1 is 0.846 bits per heavy atom. The SMILES string of the molecule is CC(CCC#N)(c1ccc(F)cc1)c1ccc(Nc2ccccc2)cc1. The fourth-order valence-corrected chi connectivity index (χ4v) is 3.19. The standard InChI is InChI=1S/C23H21FN2/c1-23(16-5-17-25,18-8-12-20(24)13-9-18)19-10-14-22(15-11-19)26-21-6-3-2-4-7-21/h2-4,6-15,26H,5,16H2,1H3. The van der Waals surface area contributed by atoms with Crippen molar-refractivity contribution in [1.82, 2.24) is 0 Å². The van der Waals surface area contributed by atoms with E-state index in [9.17, 15) is 4.39 Å². The first-order chi connectivity index (χ1) is 12.6. The summed E-state index contributed by atoms with van der Waals surface area (Å²) in [7, 11) is 0. The number of nitrogens with zero attached hydrogens (tertiary/aromatic N) is 1. The van der Waals surface area contributed by atoms with Crippen LogP contribution in [0.15, 0.2) is 78.9 Å². The Balaban J connectivity index is 1.89. The van der Waals surface area contributed by atoms with Gasteiger partial charge in [0, 0.05) is 23.2 Å². The Bertz CT molecular complexity index is 880. The van der Waals surface area contributed by atoms with Crippen molar-refractivity contribution in [3.63, 3.8) is 0 Å². The summed E-state index contributed by atoms with van der Waals surface area (Å²) in [5, 5.41) is 12.4. The summed E-state index contributed by atoms with van der Waals surface area (Å²) in [6.07, 6.45) is 1.12. The number of halogens is 1. The quantitative estimate of drug-likeness (QED) is 0.579. The number of benzene rings is 3. The van der Waals surface area contributed by atoms with Crippen molar-refractivity contribution in [3.8, 4) is 6.07 Å².